The van der Waals surface area contributed by atoms with Crippen molar-refractivity contribution in [3.05, 3.63) is 24.0 Å². The number of nitrogens with one attached hydrogen (secondary N) is 2. The van der Waals surface area contributed by atoms with E-state index in [9.17, 15) is 9.59 Å². The predicted octanol–water partition coefficient (Wildman–Crippen LogP) is 0.919. The van der Waals surface area contributed by atoms with Gasteiger partial charge in [-0.3, -0.25) is 4.79 Å². The third-order valence-corrected chi connectivity index (χ3v) is 2.46. The average Bonchev–Trinajstić information content (AvgIpc) is 2.37. The summed E-state index contributed by atoms with van der Waals surface area (Å²) >= 11 is 0. The molecule has 0 aliphatic rings. The number of aliphatic carboxylic acids is 1. The molecule has 3 N–H and O–H groups in total. The van der Waals surface area contributed by atoms with Crippen LogP contribution in [0.15, 0.2) is 18.3 Å². The molecule has 0 bridgehead atoms. The Labute approximate surface area is 111 Å². The quantitative estimate of drug-likeness (QED) is 0.680. The van der Waals surface area contributed by atoms with Gasteiger partial charge in [0.2, 0.25) is 0 Å². The van der Waals surface area contributed by atoms with Crippen molar-refractivity contribution in [2.75, 3.05) is 0 Å². The topological polar surface area (TPSA) is 104 Å². The van der Waals surface area contributed by atoms with Gasteiger partial charge in [0.1, 0.15) is 0 Å². The lowest BCUT2D eigenvalue weighted by atomic mass is 10.1. The molecule has 19 heavy (non-hydrogen) atoms. The number of carboxylic acids is 1. The van der Waals surface area contributed by atoms with Crippen LogP contribution in [0.4, 0.5) is 4.79 Å². The van der Waals surface area contributed by atoms with E-state index in [2.05, 4.69) is 20.8 Å². The van der Waals surface area contributed by atoms with Crippen molar-refractivity contribution < 1.29 is 14.7 Å². The number of hydrogen-bond donors (Lipinski definition) is 3. The van der Waals surface area contributed by atoms with Crippen LogP contribution in [-0.2, 0) is 11.3 Å². The number of carbonyl (C=O) groups excluding carboxylic acids is 1. The van der Waals surface area contributed by atoms with E-state index in [4.69, 9.17) is 5.11 Å². The maximum Gasteiger partial charge on any atom is 0.315 e. The summed E-state index contributed by atoms with van der Waals surface area (Å²) in [4.78, 5) is 21.9. The molecule has 1 unspecified atom stereocenters. The number of rotatable bonds is 7. The number of urea groups is 1. The first-order chi connectivity index (χ1) is 9.08. The Kier molecular flexibility index (Phi) is 6.28. The van der Waals surface area contributed by atoms with Crippen LogP contribution in [0.25, 0.3) is 0 Å². The maximum absolute atomic E-state index is 11.5. The van der Waals surface area contributed by atoms with E-state index in [-0.39, 0.29) is 18.5 Å². The first-order valence-corrected chi connectivity index (χ1v) is 6.10. The molecule has 0 aromatic carbocycles. The SMILES string of the molecule is CC(CCCC(=O)O)NC(=O)NCc1cccnn1. The summed E-state index contributed by atoms with van der Waals surface area (Å²) < 4.78 is 0. The molecule has 104 valence electrons. The maximum atomic E-state index is 11.5. The molecule has 7 nitrogen and oxygen atoms in total. The van der Waals surface area contributed by atoms with Crippen LogP contribution in [0.2, 0.25) is 0 Å². The number of carbonyl (C=O) groups is 2. The highest BCUT2D eigenvalue weighted by Gasteiger charge is 2.08. The van der Waals surface area contributed by atoms with Crippen molar-refractivity contribution in [3.63, 3.8) is 0 Å². The van der Waals surface area contributed by atoms with Crippen molar-refractivity contribution in [1.29, 1.82) is 0 Å². The zero-order chi connectivity index (χ0) is 14.1. The van der Waals surface area contributed by atoms with Crippen LogP contribution in [-0.4, -0.2) is 33.3 Å². The standard InChI is InChI=1S/C12H18N4O3/c1-9(4-2-6-11(17)18)15-12(19)13-8-10-5-3-7-14-16-10/h3,5,7,9H,2,4,6,8H2,1H3,(H,17,18)(H2,13,15,19). The Bertz CT molecular complexity index is 411. The largest absolute Gasteiger partial charge is 0.481 e. The molecular formula is C12H18N4O3. The molecule has 0 aliphatic carbocycles. The summed E-state index contributed by atoms with van der Waals surface area (Å²) in [6, 6.07) is 3.15. The van der Waals surface area contributed by atoms with Gasteiger partial charge in [-0.25, -0.2) is 4.79 Å². The van der Waals surface area contributed by atoms with Gasteiger partial charge in [0, 0.05) is 18.7 Å². The highest BCUT2D eigenvalue weighted by Crippen LogP contribution is 2.00. The van der Waals surface area contributed by atoms with Crippen LogP contribution in [0.3, 0.4) is 0 Å². The Morgan fingerprint density at radius 3 is 2.89 bits per heavy atom. The average molecular weight is 266 g/mol. The van der Waals surface area contributed by atoms with E-state index in [0.29, 0.717) is 25.1 Å². The van der Waals surface area contributed by atoms with E-state index in [1.165, 1.54) is 0 Å². The number of hydrogen-bond acceptors (Lipinski definition) is 4. The second kappa shape index (κ2) is 8.02. The van der Waals surface area contributed by atoms with Gasteiger partial charge in [-0.2, -0.15) is 10.2 Å². The van der Waals surface area contributed by atoms with Crippen molar-refractivity contribution in [3.8, 4) is 0 Å². The summed E-state index contributed by atoms with van der Waals surface area (Å²) in [5, 5.41) is 21.4. The Morgan fingerprint density at radius 2 is 2.26 bits per heavy atom. The Hall–Kier alpha value is -2.18. The van der Waals surface area contributed by atoms with Gasteiger partial charge in [0.15, 0.2) is 0 Å². The van der Waals surface area contributed by atoms with Gasteiger partial charge in [-0.1, -0.05) is 0 Å². The van der Waals surface area contributed by atoms with E-state index >= 15 is 0 Å². The zero-order valence-corrected chi connectivity index (χ0v) is 10.8. The first kappa shape index (κ1) is 14.9. The van der Waals surface area contributed by atoms with E-state index in [1.54, 1.807) is 18.3 Å². The number of aromatic nitrogens is 2. The van der Waals surface area contributed by atoms with E-state index < -0.39 is 5.97 Å². The molecule has 1 heterocycles. The number of amides is 2. The molecular weight excluding hydrogens is 248 g/mol. The van der Waals surface area contributed by atoms with Crippen LogP contribution in [0.5, 0.6) is 0 Å². The van der Waals surface area contributed by atoms with E-state index in [1.807, 2.05) is 6.92 Å². The van der Waals surface area contributed by atoms with Crippen LogP contribution >= 0.6 is 0 Å². The monoisotopic (exact) mass is 266 g/mol. The normalized spacial score (nSPS) is 11.6. The second-order valence-corrected chi connectivity index (χ2v) is 4.23. The minimum absolute atomic E-state index is 0.0683. The predicted molar refractivity (Wildman–Crippen MR) is 68.4 cm³/mol. The second-order valence-electron chi connectivity index (χ2n) is 4.23. The molecule has 0 aliphatic heterocycles. The lowest BCUT2D eigenvalue weighted by Gasteiger charge is -2.13. The first-order valence-electron chi connectivity index (χ1n) is 6.10. The Balaban J connectivity index is 2.18. The molecule has 1 aromatic rings. The van der Waals surface area contributed by atoms with Crippen LogP contribution < -0.4 is 10.6 Å². The van der Waals surface area contributed by atoms with Gasteiger partial charge in [0.05, 0.1) is 12.2 Å². The fraction of sp³-hybridized carbons (Fsp3) is 0.500. The summed E-state index contributed by atoms with van der Waals surface area (Å²) in [6.45, 7) is 2.14. The number of carboxylic acid groups (broad SMARTS) is 1. The summed E-state index contributed by atoms with van der Waals surface area (Å²) in [7, 11) is 0. The van der Waals surface area contributed by atoms with Gasteiger partial charge in [-0.05, 0) is 31.9 Å². The lowest BCUT2D eigenvalue weighted by Crippen LogP contribution is -2.40. The number of nitrogens with zero attached hydrogens (tertiary/aromatic N) is 2. The van der Waals surface area contributed by atoms with Crippen molar-refractivity contribution in [2.24, 2.45) is 0 Å². The highest BCUT2D eigenvalue weighted by atomic mass is 16.4. The Morgan fingerprint density at radius 1 is 1.47 bits per heavy atom. The molecule has 1 atom stereocenters. The van der Waals surface area contributed by atoms with Gasteiger partial charge < -0.3 is 15.7 Å². The molecule has 0 spiro atoms. The molecule has 1 rings (SSSR count). The van der Waals surface area contributed by atoms with Gasteiger partial charge >= 0.3 is 12.0 Å². The lowest BCUT2D eigenvalue weighted by molar-refractivity contribution is -0.137. The molecule has 0 saturated heterocycles. The fourth-order valence-electron chi connectivity index (χ4n) is 1.51. The van der Waals surface area contributed by atoms with Crippen molar-refractivity contribution >= 4 is 12.0 Å². The summed E-state index contributed by atoms with van der Waals surface area (Å²) in [6.07, 6.45) is 2.85. The minimum Gasteiger partial charge on any atom is -0.481 e. The molecule has 7 heteroatoms. The highest BCUT2D eigenvalue weighted by molar-refractivity contribution is 5.74. The molecule has 0 radical (unpaired) electrons. The molecule has 1 aromatic heterocycles. The summed E-state index contributed by atoms with van der Waals surface area (Å²) in [5.74, 6) is -0.820. The third kappa shape index (κ3) is 6.97. The van der Waals surface area contributed by atoms with Crippen LogP contribution in [0, 0.1) is 0 Å². The third-order valence-electron chi connectivity index (χ3n) is 2.46. The smallest absolute Gasteiger partial charge is 0.315 e. The van der Waals surface area contributed by atoms with E-state index in [0.717, 1.165) is 0 Å². The minimum atomic E-state index is -0.820. The molecule has 0 fully saturated rings. The van der Waals surface area contributed by atoms with Crippen molar-refractivity contribution in [1.82, 2.24) is 20.8 Å². The van der Waals surface area contributed by atoms with Crippen molar-refractivity contribution in [2.45, 2.75) is 38.8 Å². The van der Waals surface area contributed by atoms with Crippen LogP contribution in [0.1, 0.15) is 31.9 Å². The fourth-order valence-corrected chi connectivity index (χ4v) is 1.51. The summed E-state index contributed by atoms with van der Waals surface area (Å²) in [5.41, 5.74) is 0.677. The molecule has 0 saturated carbocycles. The van der Waals surface area contributed by atoms with Gasteiger partial charge in [-0.15, -0.1) is 0 Å². The zero-order valence-electron chi connectivity index (χ0n) is 10.8. The van der Waals surface area contributed by atoms with Gasteiger partial charge in [0.25, 0.3) is 0 Å². The molecule has 2 amide bonds.